The number of carbonyl (C=O) groups is 1. The Bertz CT molecular complexity index is 570. The highest BCUT2D eigenvalue weighted by molar-refractivity contribution is 5.92. The van der Waals surface area contributed by atoms with Gasteiger partial charge in [0.1, 0.15) is 11.3 Å². The van der Waals surface area contributed by atoms with E-state index in [2.05, 4.69) is 4.98 Å². The van der Waals surface area contributed by atoms with Crippen molar-refractivity contribution in [3.05, 3.63) is 53.9 Å². The van der Waals surface area contributed by atoms with Crippen LogP contribution in [0.1, 0.15) is 15.9 Å². The molecule has 0 atom stereocenters. The number of pyridine rings is 1. The molecule has 2 rings (SSSR count). The van der Waals surface area contributed by atoms with E-state index in [0.717, 1.165) is 5.56 Å². The normalized spacial score (nSPS) is 10.1. The van der Waals surface area contributed by atoms with E-state index < -0.39 is 5.97 Å². The van der Waals surface area contributed by atoms with Crippen molar-refractivity contribution in [3.8, 4) is 5.75 Å². The average molecular weight is 258 g/mol. The smallest absolute Gasteiger partial charge is 0.339 e. The van der Waals surface area contributed by atoms with Gasteiger partial charge in [0.05, 0.1) is 6.61 Å². The van der Waals surface area contributed by atoms with Crippen LogP contribution >= 0.6 is 0 Å². The zero-order valence-electron chi connectivity index (χ0n) is 10.2. The molecular weight excluding hydrogens is 244 g/mol. The monoisotopic (exact) mass is 258 g/mol. The van der Waals surface area contributed by atoms with Crippen LogP contribution in [0.25, 0.3) is 0 Å². The minimum atomic E-state index is -1.05. The van der Waals surface area contributed by atoms with Gasteiger partial charge in [-0.3, -0.25) is 4.98 Å². The van der Waals surface area contributed by atoms with Crippen molar-refractivity contribution in [1.29, 1.82) is 0 Å². The predicted molar refractivity (Wildman–Crippen MR) is 71.2 cm³/mol. The number of benzene rings is 1. The van der Waals surface area contributed by atoms with Gasteiger partial charge in [-0.05, 0) is 29.8 Å². The summed E-state index contributed by atoms with van der Waals surface area (Å²) < 4.78 is 5.49. The number of nitrogens with two attached hydrogens (primary N) is 1. The number of nitrogen functional groups attached to an aromatic ring is 1. The molecule has 0 radical (unpaired) electrons. The highest BCUT2D eigenvalue weighted by Gasteiger charge is 2.11. The first-order valence-corrected chi connectivity index (χ1v) is 5.81. The van der Waals surface area contributed by atoms with Crippen LogP contribution in [-0.4, -0.2) is 22.7 Å². The van der Waals surface area contributed by atoms with E-state index in [-0.39, 0.29) is 5.56 Å². The molecule has 0 aliphatic carbocycles. The fourth-order valence-electron chi connectivity index (χ4n) is 1.67. The first kappa shape index (κ1) is 12.9. The average Bonchev–Trinajstić information content (AvgIpc) is 2.41. The van der Waals surface area contributed by atoms with Crippen LogP contribution in [0.15, 0.2) is 42.7 Å². The summed E-state index contributed by atoms with van der Waals surface area (Å²) >= 11 is 0. The number of rotatable bonds is 5. The molecule has 0 saturated heterocycles. The van der Waals surface area contributed by atoms with Crippen LogP contribution in [0.4, 0.5) is 5.69 Å². The first-order valence-electron chi connectivity index (χ1n) is 5.81. The minimum Gasteiger partial charge on any atom is -0.492 e. The number of hydrogen-bond acceptors (Lipinski definition) is 4. The summed E-state index contributed by atoms with van der Waals surface area (Å²) in [4.78, 5) is 15.1. The van der Waals surface area contributed by atoms with Crippen LogP contribution in [0.2, 0.25) is 0 Å². The molecule has 98 valence electrons. The maximum absolute atomic E-state index is 11.1. The van der Waals surface area contributed by atoms with Crippen molar-refractivity contribution in [3.63, 3.8) is 0 Å². The number of aromatic carboxylic acids is 1. The van der Waals surface area contributed by atoms with Crippen molar-refractivity contribution in [1.82, 2.24) is 4.98 Å². The van der Waals surface area contributed by atoms with E-state index >= 15 is 0 Å². The largest absolute Gasteiger partial charge is 0.492 e. The SMILES string of the molecule is Nc1ccc(OCCc2cccnc2)c(C(=O)O)c1. The lowest BCUT2D eigenvalue weighted by molar-refractivity contribution is 0.0692. The van der Waals surface area contributed by atoms with Gasteiger partial charge in [0.2, 0.25) is 0 Å². The lowest BCUT2D eigenvalue weighted by Gasteiger charge is -2.09. The molecule has 0 fully saturated rings. The van der Waals surface area contributed by atoms with Gasteiger partial charge in [0, 0.05) is 24.5 Å². The topological polar surface area (TPSA) is 85.4 Å². The van der Waals surface area contributed by atoms with Crippen LogP contribution in [0, 0.1) is 0 Å². The number of anilines is 1. The van der Waals surface area contributed by atoms with Crippen molar-refractivity contribution in [2.45, 2.75) is 6.42 Å². The summed E-state index contributed by atoms with van der Waals surface area (Å²) in [6, 6.07) is 8.37. The van der Waals surface area contributed by atoms with Crippen molar-refractivity contribution in [2.75, 3.05) is 12.3 Å². The second kappa shape index (κ2) is 5.86. The van der Waals surface area contributed by atoms with Crippen LogP contribution in [0.3, 0.4) is 0 Å². The number of aromatic nitrogens is 1. The molecule has 1 heterocycles. The zero-order chi connectivity index (χ0) is 13.7. The molecule has 0 spiro atoms. The third-order valence-electron chi connectivity index (χ3n) is 2.61. The quantitative estimate of drug-likeness (QED) is 0.801. The van der Waals surface area contributed by atoms with Gasteiger partial charge in [0.15, 0.2) is 0 Å². The van der Waals surface area contributed by atoms with Gasteiger partial charge in [0.25, 0.3) is 0 Å². The molecule has 3 N–H and O–H groups in total. The third kappa shape index (κ3) is 3.45. The Hall–Kier alpha value is -2.56. The summed E-state index contributed by atoms with van der Waals surface area (Å²) in [5.74, 6) is -0.728. The maximum atomic E-state index is 11.1. The third-order valence-corrected chi connectivity index (χ3v) is 2.61. The van der Waals surface area contributed by atoms with Gasteiger partial charge in [-0.15, -0.1) is 0 Å². The Morgan fingerprint density at radius 1 is 1.37 bits per heavy atom. The lowest BCUT2D eigenvalue weighted by Crippen LogP contribution is -2.07. The molecular formula is C14H14N2O3. The predicted octanol–water partition coefficient (Wildman–Crippen LogP) is 1.98. The number of carboxylic acid groups (broad SMARTS) is 1. The van der Waals surface area contributed by atoms with Gasteiger partial charge in [-0.1, -0.05) is 6.07 Å². The lowest BCUT2D eigenvalue weighted by atomic mass is 10.2. The van der Waals surface area contributed by atoms with Crippen molar-refractivity contribution < 1.29 is 14.6 Å². The summed E-state index contributed by atoms with van der Waals surface area (Å²) in [6.07, 6.45) is 4.12. The molecule has 0 amide bonds. The van der Waals surface area contributed by atoms with Crippen LogP contribution in [0.5, 0.6) is 5.75 Å². The number of hydrogen-bond donors (Lipinski definition) is 2. The molecule has 5 heteroatoms. The second-order valence-corrected chi connectivity index (χ2v) is 4.02. The van der Waals surface area contributed by atoms with Gasteiger partial charge >= 0.3 is 5.97 Å². The highest BCUT2D eigenvalue weighted by Crippen LogP contribution is 2.21. The molecule has 0 unspecified atom stereocenters. The Morgan fingerprint density at radius 2 is 2.21 bits per heavy atom. The van der Waals surface area contributed by atoms with E-state index in [1.54, 1.807) is 24.5 Å². The van der Waals surface area contributed by atoms with Gasteiger partial charge in [-0.2, -0.15) is 0 Å². The van der Waals surface area contributed by atoms with Crippen molar-refractivity contribution in [2.24, 2.45) is 0 Å². The van der Waals surface area contributed by atoms with Crippen LogP contribution in [-0.2, 0) is 6.42 Å². The number of carboxylic acids is 1. The number of nitrogens with zero attached hydrogens (tertiary/aromatic N) is 1. The molecule has 5 nitrogen and oxygen atoms in total. The molecule has 0 aliphatic rings. The van der Waals surface area contributed by atoms with Crippen LogP contribution < -0.4 is 10.5 Å². The van der Waals surface area contributed by atoms with Gasteiger partial charge < -0.3 is 15.6 Å². The molecule has 1 aromatic carbocycles. The molecule has 0 aliphatic heterocycles. The summed E-state index contributed by atoms with van der Waals surface area (Å²) in [6.45, 7) is 0.385. The maximum Gasteiger partial charge on any atom is 0.339 e. The second-order valence-electron chi connectivity index (χ2n) is 4.02. The number of ether oxygens (including phenoxy) is 1. The molecule has 19 heavy (non-hydrogen) atoms. The Labute approximate surface area is 110 Å². The molecule has 0 bridgehead atoms. The molecule has 1 aromatic heterocycles. The molecule has 2 aromatic rings. The minimum absolute atomic E-state index is 0.0752. The van der Waals surface area contributed by atoms with E-state index in [0.29, 0.717) is 24.5 Å². The van der Waals surface area contributed by atoms with E-state index in [9.17, 15) is 4.79 Å². The molecule has 0 saturated carbocycles. The highest BCUT2D eigenvalue weighted by atomic mass is 16.5. The van der Waals surface area contributed by atoms with E-state index in [4.69, 9.17) is 15.6 Å². The van der Waals surface area contributed by atoms with Gasteiger partial charge in [-0.25, -0.2) is 4.79 Å². The fourth-order valence-corrected chi connectivity index (χ4v) is 1.67. The standard InChI is InChI=1S/C14H14N2O3/c15-11-3-4-13(12(8-11)14(17)18)19-7-5-10-2-1-6-16-9-10/h1-4,6,8-9H,5,7,15H2,(H,17,18). The van der Waals surface area contributed by atoms with E-state index in [1.807, 2.05) is 12.1 Å². The Kier molecular flexibility index (Phi) is 3.97. The Balaban J connectivity index is 2.02. The summed E-state index contributed by atoms with van der Waals surface area (Å²) in [7, 11) is 0. The van der Waals surface area contributed by atoms with E-state index in [1.165, 1.54) is 6.07 Å². The summed E-state index contributed by atoms with van der Waals surface area (Å²) in [5, 5.41) is 9.06. The van der Waals surface area contributed by atoms with Crippen molar-refractivity contribution >= 4 is 11.7 Å². The summed E-state index contributed by atoms with van der Waals surface area (Å²) in [5.41, 5.74) is 7.07. The zero-order valence-corrected chi connectivity index (χ0v) is 10.2. The Morgan fingerprint density at radius 3 is 2.89 bits per heavy atom. The first-order chi connectivity index (χ1) is 9.16. The fraction of sp³-hybridized carbons (Fsp3) is 0.143.